The van der Waals surface area contributed by atoms with Gasteiger partial charge in [0.2, 0.25) is 0 Å². The van der Waals surface area contributed by atoms with Crippen molar-refractivity contribution in [1.29, 1.82) is 0 Å². The fourth-order valence-electron chi connectivity index (χ4n) is 1.99. The first-order chi connectivity index (χ1) is 11.5. The summed E-state index contributed by atoms with van der Waals surface area (Å²) in [5.41, 5.74) is 1.73. The van der Waals surface area contributed by atoms with Gasteiger partial charge in [-0.25, -0.2) is 0 Å². The molecule has 0 fully saturated rings. The molecule has 7 heteroatoms. The summed E-state index contributed by atoms with van der Waals surface area (Å²) in [6, 6.07) is 7.54. The molecule has 0 unspecified atom stereocenters. The highest BCUT2D eigenvalue weighted by molar-refractivity contribution is 7.54. The van der Waals surface area contributed by atoms with E-state index in [2.05, 4.69) is 5.32 Å². The van der Waals surface area contributed by atoms with Crippen molar-refractivity contribution >= 4 is 25.3 Å². The summed E-state index contributed by atoms with van der Waals surface area (Å²) < 4.78 is 27.7. The number of allylic oxidation sites excluding steroid dienone is 1. The Bertz CT molecular complexity index is 578. The number of nitrogens with one attached hydrogen (secondary N) is 1. The summed E-state index contributed by atoms with van der Waals surface area (Å²) in [6.07, 6.45) is 3.84. The molecule has 0 aliphatic carbocycles. The van der Waals surface area contributed by atoms with Crippen LogP contribution in [0.1, 0.15) is 26.3 Å². The lowest BCUT2D eigenvalue weighted by molar-refractivity contribution is -0.140. The SMILES string of the molecule is CCOC(=O)CNc1cccc(C=CCP(=O)(OCC)OCC)c1. The van der Waals surface area contributed by atoms with Crippen LogP contribution in [0.3, 0.4) is 0 Å². The van der Waals surface area contributed by atoms with Gasteiger partial charge in [0.15, 0.2) is 0 Å². The number of rotatable bonds is 11. The Hall–Kier alpha value is -1.62. The largest absolute Gasteiger partial charge is 0.465 e. The van der Waals surface area contributed by atoms with E-state index in [9.17, 15) is 9.36 Å². The van der Waals surface area contributed by atoms with Crippen LogP contribution in [0.4, 0.5) is 5.69 Å². The van der Waals surface area contributed by atoms with E-state index >= 15 is 0 Å². The second-order valence-electron chi connectivity index (χ2n) is 4.82. The minimum atomic E-state index is -3.07. The first-order valence-electron chi connectivity index (χ1n) is 8.07. The Morgan fingerprint density at radius 1 is 1.17 bits per heavy atom. The molecule has 0 radical (unpaired) electrons. The van der Waals surface area contributed by atoms with Gasteiger partial charge in [0.25, 0.3) is 0 Å². The van der Waals surface area contributed by atoms with Gasteiger partial charge in [0.1, 0.15) is 6.54 Å². The average Bonchev–Trinajstić information content (AvgIpc) is 2.54. The van der Waals surface area contributed by atoms with Gasteiger partial charge in [-0.05, 0) is 38.5 Å². The highest BCUT2D eigenvalue weighted by atomic mass is 31.2. The summed E-state index contributed by atoms with van der Waals surface area (Å²) in [4.78, 5) is 11.3. The summed E-state index contributed by atoms with van der Waals surface area (Å²) in [5.74, 6) is -0.298. The zero-order valence-corrected chi connectivity index (χ0v) is 15.4. The number of ether oxygens (including phenoxy) is 1. The van der Waals surface area contributed by atoms with Gasteiger partial charge >= 0.3 is 13.6 Å². The van der Waals surface area contributed by atoms with Gasteiger partial charge in [-0.15, -0.1) is 0 Å². The normalized spacial score (nSPS) is 11.6. The van der Waals surface area contributed by atoms with Crippen LogP contribution in [-0.2, 0) is 23.1 Å². The number of hydrogen-bond acceptors (Lipinski definition) is 6. The van der Waals surface area contributed by atoms with Gasteiger partial charge in [-0.2, -0.15) is 0 Å². The van der Waals surface area contributed by atoms with Crippen LogP contribution in [-0.4, -0.2) is 38.5 Å². The van der Waals surface area contributed by atoms with E-state index in [1.54, 1.807) is 26.8 Å². The van der Waals surface area contributed by atoms with Gasteiger partial charge in [-0.3, -0.25) is 9.36 Å². The summed E-state index contributed by atoms with van der Waals surface area (Å²) in [7, 11) is -3.07. The lowest BCUT2D eigenvalue weighted by Gasteiger charge is -2.14. The van der Waals surface area contributed by atoms with Crippen LogP contribution in [0, 0.1) is 0 Å². The Morgan fingerprint density at radius 3 is 2.50 bits per heavy atom. The highest BCUT2D eigenvalue weighted by Gasteiger charge is 2.20. The molecule has 0 saturated carbocycles. The molecule has 134 valence electrons. The zero-order valence-electron chi connectivity index (χ0n) is 14.5. The van der Waals surface area contributed by atoms with Crippen molar-refractivity contribution in [2.75, 3.05) is 37.8 Å². The lowest BCUT2D eigenvalue weighted by Crippen LogP contribution is -2.16. The molecule has 0 spiro atoms. The fraction of sp³-hybridized carbons (Fsp3) is 0.471. The zero-order chi connectivity index (χ0) is 17.8. The summed E-state index contributed by atoms with van der Waals surface area (Å²) in [6.45, 7) is 6.51. The Labute approximate surface area is 143 Å². The van der Waals surface area contributed by atoms with Crippen molar-refractivity contribution in [1.82, 2.24) is 0 Å². The minimum Gasteiger partial charge on any atom is -0.465 e. The first kappa shape index (κ1) is 20.4. The topological polar surface area (TPSA) is 73.9 Å². The van der Waals surface area contributed by atoms with Crippen LogP contribution in [0.5, 0.6) is 0 Å². The number of anilines is 1. The Kier molecular flexibility index (Phi) is 9.38. The van der Waals surface area contributed by atoms with E-state index in [1.807, 2.05) is 30.3 Å². The maximum Gasteiger partial charge on any atom is 0.334 e. The predicted molar refractivity (Wildman–Crippen MR) is 96.3 cm³/mol. The van der Waals surface area contributed by atoms with E-state index < -0.39 is 7.60 Å². The molecule has 0 heterocycles. The van der Waals surface area contributed by atoms with Crippen LogP contribution >= 0.6 is 7.60 Å². The molecule has 0 atom stereocenters. The third kappa shape index (κ3) is 7.77. The van der Waals surface area contributed by atoms with E-state index in [1.165, 1.54) is 0 Å². The van der Waals surface area contributed by atoms with Crippen molar-refractivity contribution in [2.45, 2.75) is 20.8 Å². The molecule has 1 rings (SSSR count). The van der Waals surface area contributed by atoms with Crippen molar-refractivity contribution in [2.24, 2.45) is 0 Å². The third-order valence-electron chi connectivity index (χ3n) is 2.92. The molecule has 6 nitrogen and oxygen atoms in total. The monoisotopic (exact) mass is 355 g/mol. The first-order valence-corrected chi connectivity index (χ1v) is 9.80. The van der Waals surface area contributed by atoms with Crippen molar-refractivity contribution in [3.05, 3.63) is 35.9 Å². The molecule has 1 aromatic rings. The summed E-state index contributed by atoms with van der Waals surface area (Å²) in [5, 5.41) is 3.00. The van der Waals surface area contributed by atoms with Crippen LogP contribution in [0.25, 0.3) is 6.08 Å². The maximum absolute atomic E-state index is 12.3. The number of hydrogen-bond donors (Lipinski definition) is 1. The highest BCUT2D eigenvalue weighted by Crippen LogP contribution is 2.47. The van der Waals surface area contributed by atoms with Crippen LogP contribution in [0.2, 0.25) is 0 Å². The fourth-order valence-corrected chi connectivity index (χ4v) is 3.43. The predicted octanol–water partition coefficient (Wildman–Crippen LogP) is 3.94. The molecule has 0 aliphatic rings. The molecule has 0 saturated heterocycles. The average molecular weight is 355 g/mol. The Morgan fingerprint density at radius 2 is 1.88 bits per heavy atom. The van der Waals surface area contributed by atoms with Crippen LogP contribution < -0.4 is 5.32 Å². The number of esters is 1. The minimum absolute atomic E-state index is 0.116. The number of carbonyl (C=O) groups is 1. The van der Waals surface area contributed by atoms with E-state index in [0.717, 1.165) is 11.3 Å². The molecular weight excluding hydrogens is 329 g/mol. The molecule has 1 aromatic carbocycles. The van der Waals surface area contributed by atoms with Gasteiger partial charge < -0.3 is 19.1 Å². The second kappa shape index (κ2) is 11.0. The Balaban J connectivity index is 2.63. The standard InChI is InChI=1S/C17H26NO5P/c1-4-21-17(19)14-18-16-11-7-9-15(13-16)10-8-12-24(20,22-5-2)23-6-3/h7-11,13,18H,4-6,12,14H2,1-3H3. The van der Waals surface area contributed by atoms with Crippen LogP contribution in [0.15, 0.2) is 30.3 Å². The van der Waals surface area contributed by atoms with Crippen molar-refractivity contribution in [3.8, 4) is 0 Å². The van der Waals surface area contributed by atoms with E-state index in [4.69, 9.17) is 13.8 Å². The van der Waals surface area contributed by atoms with Gasteiger partial charge in [-0.1, -0.05) is 24.3 Å². The molecule has 1 N–H and O–H groups in total. The molecular formula is C17H26NO5P. The third-order valence-corrected chi connectivity index (χ3v) is 4.88. The molecule has 24 heavy (non-hydrogen) atoms. The quantitative estimate of drug-likeness (QED) is 0.479. The number of carbonyl (C=O) groups excluding carboxylic acids is 1. The lowest BCUT2D eigenvalue weighted by atomic mass is 10.2. The molecule has 0 aromatic heterocycles. The molecule has 0 amide bonds. The summed E-state index contributed by atoms with van der Waals surface area (Å²) >= 11 is 0. The van der Waals surface area contributed by atoms with Gasteiger partial charge in [0.05, 0.1) is 26.0 Å². The van der Waals surface area contributed by atoms with Gasteiger partial charge in [0, 0.05) is 5.69 Å². The smallest absolute Gasteiger partial charge is 0.334 e. The molecule has 0 bridgehead atoms. The maximum atomic E-state index is 12.3. The van der Waals surface area contributed by atoms with E-state index in [0.29, 0.717) is 19.8 Å². The van der Waals surface area contributed by atoms with Crippen molar-refractivity contribution < 1.29 is 23.1 Å². The number of benzene rings is 1. The van der Waals surface area contributed by atoms with E-state index in [-0.39, 0.29) is 18.7 Å². The molecule has 0 aliphatic heterocycles. The second-order valence-corrected chi connectivity index (χ2v) is 6.92. The van der Waals surface area contributed by atoms with Crippen molar-refractivity contribution in [3.63, 3.8) is 0 Å².